The Labute approximate surface area is 196 Å². The minimum Gasteiger partial charge on any atom is -0.378 e. The Balaban J connectivity index is 1.64. The first-order valence-electron chi connectivity index (χ1n) is 10.3. The Morgan fingerprint density at radius 1 is 1.06 bits per heavy atom. The molecule has 166 valence electrons. The molecule has 7 heteroatoms. The summed E-state index contributed by atoms with van der Waals surface area (Å²) < 4.78 is 13.6. The van der Waals surface area contributed by atoms with Crippen molar-refractivity contribution in [2.24, 2.45) is 0 Å². The smallest absolute Gasteiger partial charge is 0.256 e. The Morgan fingerprint density at radius 3 is 2.50 bits per heavy atom. The molecule has 2 atom stereocenters. The molecule has 0 bridgehead atoms. The molecule has 0 saturated carbocycles. The van der Waals surface area contributed by atoms with Gasteiger partial charge in [-0.25, -0.2) is 4.39 Å². The third kappa shape index (κ3) is 4.75. The number of anilines is 1. The number of hydrogen-bond acceptors (Lipinski definition) is 3. The van der Waals surface area contributed by atoms with Crippen LogP contribution in [0.4, 0.5) is 10.1 Å². The van der Waals surface area contributed by atoms with Gasteiger partial charge in [0, 0.05) is 24.7 Å². The highest BCUT2D eigenvalue weighted by molar-refractivity contribution is 6.33. The van der Waals surface area contributed by atoms with E-state index in [1.54, 1.807) is 11.0 Å². The van der Waals surface area contributed by atoms with Crippen LogP contribution in [-0.2, 0) is 4.79 Å². The Hall–Kier alpha value is -2.60. The third-order valence-corrected chi connectivity index (χ3v) is 6.31. The molecule has 1 N–H and O–H groups in total. The van der Waals surface area contributed by atoms with Crippen molar-refractivity contribution in [2.75, 3.05) is 24.5 Å². The van der Waals surface area contributed by atoms with Gasteiger partial charge in [0.15, 0.2) is 6.10 Å². The number of nitrogens with zero attached hydrogens (tertiary/aromatic N) is 2. The minimum atomic E-state index is -1.42. The second kappa shape index (κ2) is 9.49. The van der Waals surface area contributed by atoms with Gasteiger partial charge < -0.3 is 14.9 Å². The quantitative estimate of drug-likeness (QED) is 0.540. The summed E-state index contributed by atoms with van der Waals surface area (Å²) in [6, 6.07) is 18.7. The van der Waals surface area contributed by atoms with Crippen molar-refractivity contribution < 1.29 is 14.3 Å². The molecule has 0 aromatic heterocycles. The molecule has 0 radical (unpaired) electrons. The molecular weight excluding hydrogens is 450 g/mol. The summed E-state index contributed by atoms with van der Waals surface area (Å²) in [4.78, 5) is 16.9. The van der Waals surface area contributed by atoms with E-state index in [4.69, 9.17) is 23.2 Å². The molecule has 1 aliphatic heterocycles. The van der Waals surface area contributed by atoms with Crippen LogP contribution in [0.15, 0.2) is 66.7 Å². The number of aryl methyl sites for hydroxylation is 1. The molecule has 1 unspecified atom stereocenters. The number of piperazine rings is 1. The maximum Gasteiger partial charge on any atom is 0.256 e. The van der Waals surface area contributed by atoms with Crippen molar-refractivity contribution in [2.45, 2.75) is 19.1 Å². The summed E-state index contributed by atoms with van der Waals surface area (Å²) in [6.07, 6.45) is -1.42. The Morgan fingerprint density at radius 2 is 1.81 bits per heavy atom. The fourth-order valence-electron chi connectivity index (χ4n) is 4.08. The molecule has 4 rings (SSSR count). The number of aliphatic hydroxyl groups is 1. The SMILES string of the molecule is Cc1ccc(N2CCN(C(=O)C(O)c3cccc(F)c3)C[C@H]2c2ccc(Cl)cc2)c(Cl)c1. The lowest BCUT2D eigenvalue weighted by atomic mass is 9.99. The molecule has 4 nitrogen and oxygen atoms in total. The zero-order valence-electron chi connectivity index (χ0n) is 17.5. The molecule has 0 aliphatic carbocycles. The van der Waals surface area contributed by atoms with Crippen molar-refractivity contribution in [3.05, 3.63) is 99.3 Å². The summed E-state index contributed by atoms with van der Waals surface area (Å²) >= 11 is 12.7. The van der Waals surface area contributed by atoms with E-state index in [0.29, 0.717) is 29.7 Å². The van der Waals surface area contributed by atoms with Gasteiger partial charge in [0.2, 0.25) is 0 Å². The number of aliphatic hydroxyl groups excluding tert-OH is 1. The summed E-state index contributed by atoms with van der Waals surface area (Å²) in [5.41, 5.74) is 3.16. The Kier molecular flexibility index (Phi) is 6.70. The van der Waals surface area contributed by atoms with E-state index in [1.807, 2.05) is 49.4 Å². The molecule has 1 heterocycles. The van der Waals surface area contributed by atoms with Crippen LogP contribution in [0.3, 0.4) is 0 Å². The van der Waals surface area contributed by atoms with Crippen molar-refractivity contribution in [3.8, 4) is 0 Å². The first-order chi connectivity index (χ1) is 15.3. The van der Waals surface area contributed by atoms with Gasteiger partial charge in [0.1, 0.15) is 5.82 Å². The lowest BCUT2D eigenvalue weighted by Gasteiger charge is -2.44. The number of benzene rings is 3. The van der Waals surface area contributed by atoms with E-state index in [2.05, 4.69) is 4.90 Å². The first-order valence-corrected chi connectivity index (χ1v) is 11.1. The van der Waals surface area contributed by atoms with Gasteiger partial charge in [0.05, 0.1) is 16.8 Å². The molecular formula is C25H23Cl2FN2O2. The largest absolute Gasteiger partial charge is 0.378 e. The van der Waals surface area contributed by atoms with E-state index in [-0.39, 0.29) is 11.6 Å². The average Bonchev–Trinajstić information content (AvgIpc) is 2.78. The van der Waals surface area contributed by atoms with E-state index in [1.165, 1.54) is 18.2 Å². The van der Waals surface area contributed by atoms with Crippen molar-refractivity contribution in [1.82, 2.24) is 4.90 Å². The number of halogens is 3. The highest BCUT2D eigenvalue weighted by atomic mass is 35.5. The van der Waals surface area contributed by atoms with Crippen molar-refractivity contribution in [3.63, 3.8) is 0 Å². The van der Waals surface area contributed by atoms with Crippen LogP contribution in [-0.4, -0.2) is 35.5 Å². The van der Waals surface area contributed by atoms with E-state index >= 15 is 0 Å². The summed E-state index contributed by atoms with van der Waals surface area (Å²) in [6.45, 7) is 3.25. The van der Waals surface area contributed by atoms with Crippen LogP contribution >= 0.6 is 23.2 Å². The van der Waals surface area contributed by atoms with E-state index in [9.17, 15) is 14.3 Å². The van der Waals surface area contributed by atoms with Crippen molar-refractivity contribution >= 4 is 34.8 Å². The molecule has 0 spiro atoms. The maximum atomic E-state index is 13.6. The second-order valence-corrected chi connectivity index (χ2v) is 8.80. The minimum absolute atomic E-state index is 0.190. The molecule has 1 amide bonds. The van der Waals surface area contributed by atoms with Crippen molar-refractivity contribution in [1.29, 1.82) is 0 Å². The summed E-state index contributed by atoms with van der Waals surface area (Å²) in [7, 11) is 0. The third-order valence-electron chi connectivity index (χ3n) is 5.76. The zero-order valence-corrected chi connectivity index (χ0v) is 19.0. The van der Waals surface area contributed by atoms with Crippen LogP contribution in [0.2, 0.25) is 10.0 Å². The predicted octanol–water partition coefficient (Wildman–Crippen LogP) is 5.56. The van der Waals surface area contributed by atoms with Crippen LogP contribution in [0.25, 0.3) is 0 Å². The van der Waals surface area contributed by atoms with Gasteiger partial charge in [-0.1, -0.05) is 53.5 Å². The topological polar surface area (TPSA) is 43.8 Å². The van der Waals surface area contributed by atoms with E-state index < -0.39 is 17.8 Å². The summed E-state index contributed by atoms with van der Waals surface area (Å²) in [5, 5.41) is 11.9. The average molecular weight is 473 g/mol. The number of carbonyl (C=O) groups excluding carboxylic acids is 1. The van der Waals surface area contributed by atoms with Gasteiger partial charge in [-0.15, -0.1) is 0 Å². The number of carbonyl (C=O) groups is 1. The van der Waals surface area contributed by atoms with Gasteiger partial charge in [-0.3, -0.25) is 4.79 Å². The predicted molar refractivity (Wildman–Crippen MR) is 126 cm³/mol. The van der Waals surface area contributed by atoms with Crippen LogP contribution < -0.4 is 4.90 Å². The fourth-order valence-corrected chi connectivity index (χ4v) is 4.55. The van der Waals surface area contributed by atoms with E-state index in [0.717, 1.165) is 16.8 Å². The lowest BCUT2D eigenvalue weighted by Crippen LogP contribution is -2.51. The molecule has 1 fully saturated rings. The van der Waals surface area contributed by atoms with Crippen LogP contribution in [0.5, 0.6) is 0 Å². The summed E-state index contributed by atoms with van der Waals surface area (Å²) in [5.74, 6) is -0.948. The standard InChI is InChI=1S/C25H23Cl2FN2O2/c1-16-5-10-22(21(27)13-16)30-12-11-29(15-23(30)17-6-8-19(26)9-7-17)25(32)24(31)18-3-2-4-20(28)14-18/h2-10,13-14,23-24,31H,11-12,15H2,1H3/t23-,24?/m0/s1. The lowest BCUT2D eigenvalue weighted by molar-refractivity contribution is -0.141. The second-order valence-electron chi connectivity index (χ2n) is 7.96. The molecule has 3 aromatic rings. The normalized spacial score (nSPS) is 17.3. The van der Waals surface area contributed by atoms with Gasteiger partial charge in [-0.05, 0) is 60.0 Å². The highest BCUT2D eigenvalue weighted by Gasteiger charge is 2.34. The van der Waals surface area contributed by atoms with Gasteiger partial charge in [0.25, 0.3) is 5.91 Å². The molecule has 1 saturated heterocycles. The Bertz CT molecular complexity index is 1120. The maximum absolute atomic E-state index is 13.6. The molecule has 3 aromatic carbocycles. The first kappa shape index (κ1) is 22.6. The zero-order chi connectivity index (χ0) is 22.8. The number of amides is 1. The fraction of sp³-hybridized carbons (Fsp3) is 0.240. The number of rotatable bonds is 4. The van der Waals surface area contributed by atoms with Crippen LogP contribution in [0.1, 0.15) is 28.8 Å². The number of hydrogen-bond donors (Lipinski definition) is 1. The molecule has 32 heavy (non-hydrogen) atoms. The highest BCUT2D eigenvalue weighted by Crippen LogP contribution is 2.36. The monoisotopic (exact) mass is 472 g/mol. The van der Waals surface area contributed by atoms with Gasteiger partial charge in [-0.2, -0.15) is 0 Å². The van der Waals surface area contributed by atoms with Crippen LogP contribution in [0, 0.1) is 12.7 Å². The molecule has 1 aliphatic rings. The van der Waals surface area contributed by atoms with Gasteiger partial charge >= 0.3 is 0 Å².